The van der Waals surface area contributed by atoms with Crippen LogP contribution in [0.4, 0.5) is 0 Å². The van der Waals surface area contributed by atoms with E-state index in [-0.39, 0.29) is 17.2 Å². The van der Waals surface area contributed by atoms with Gasteiger partial charge in [-0.2, -0.15) is 0 Å². The van der Waals surface area contributed by atoms with Gasteiger partial charge in [-0.25, -0.2) is 13.4 Å². The maximum absolute atomic E-state index is 12.9. The van der Waals surface area contributed by atoms with Crippen molar-refractivity contribution >= 4 is 20.9 Å². The molecule has 142 valence electrons. The highest BCUT2D eigenvalue weighted by Gasteiger charge is 2.22. The van der Waals surface area contributed by atoms with Gasteiger partial charge in [0.15, 0.2) is 9.84 Å². The summed E-state index contributed by atoms with van der Waals surface area (Å²) in [6.07, 6.45) is -0.767. The molecule has 0 saturated heterocycles. The van der Waals surface area contributed by atoms with Gasteiger partial charge in [-0.15, -0.1) is 0 Å². The maximum Gasteiger partial charge on any atom is 0.185 e. The van der Waals surface area contributed by atoms with Gasteiger partial charge in [0.25, 0.3) is 0 Å². The molecule has 0 fully saturated rings. The summed E-state index contributed by atoms with van der Waals surface area (Å²) in [6, 6.07) is 25.2. The number of benzene rings is 3. The molecule has 3 aromatic carbocycles. The summed E-state index contributed by atoms with van der Waals surface area (Å²) in [7, 11) is -3.55. The quantitative estimate of drug-likeness (QED) is 0.542. The number of aliphatic hydroxyl groups is 1. The first-order valence-corrected chi connectivity index (χ1v) is 10.6. The van der Waals surface area contributed by atoms with Gasteiger partial charge in [-0.1, -0.05) is 60.7 Å². The van der Waals surface area contributed by atoms with Crippen molar-refractivity contribution in [1.29, 1.82) is 0 Å². The molecule has 1 N–H and O–H groups in total. The van der Waals surface area contributed by atoms with E-state index >= 15 is 0 Å². The van der Waals surface area contributed by atoms with Crippen LogP contribution in [-0.2, 0) is 22.1 Å². The third-order valence-electron chi connectivity index (χ3n) is 4.69. The van der Waals surface area contributed by atoms with Crippen LogP contribution in [0.5, 0.6) is 0 Å². The van der Waals surface area contributed by atoms with Crippen molar-refractivity contribution in [2.75, 3.05) is 0 Å². The second-order valence-electron chi connectivity index (χ2n) is 6.63. The highest BCUT2D eigenvalue weighted by atomic mass is 32.2. The van der Waals surface area contributed by atoms with Crippen LogP contribution in [0.25, 0.3) is 11.0 Å². The Morgan fingerprint density at radius 2 is 1.46 bits per heavy atom. The Balaban J connectivity index is 1.73. The Labute approximate surface area is 163 Å². The highest BCUT2D eigenvalue weighted by Crippen LogP contribution is 2.24. The van der Waals surface area contributed by atoms with E-state index in [0.717, 1.165) is 11.1 Å². The second kappa shape index (κ2) is 7.58. The predicted octanol–water partition coefficient (Wildman–Crippen LogP) is 3.74. The van der Waals surface area contributed by atoms with Gasteiger partial charge in [0.1, 0.15) is 11.6 Å². The number of nitrogens with zero attached hydrogens (tertiary/aromatic N) is 2. The Morgan fingerprint density at radius 1 is 0.857 bits per heavy atom. The number of aromatic nitrogens is 2. The molecule has 0 amide bonds. The summed E-state index contributed by atoms with van der Waals surface area (Å²) in [5.74, 6) is 0.188. The van der Waals surface area contributed by atoms with Crippen LogP contribution in [0.1, 0.15) is 17.5 Å². The number of hydrogen-bond acceptors (Lipinski definition) is 4. The first kappa shape index (κ1) is 18.4. The Morgan fingerprint density at radius 3 is 2.18 bits per heavy atom. The Hall–Kier alpha value is -2.96. The van der Waals surface area contributed by atoms with Crippen LogP contribution in [0, 0.1) is 0 Å². The maximum atomic E-state index is 12.9. The average Bonchev–Trinajstić information content (AvgIpc) is 3.06. The standard InChI is InChI=1S/C22H20N2O3S/c25-21(17-9-3-1-4-10-17)15-24-20-14-8-7-13-19(20)23-22(24)16-28(26,27)18-11-5-2-6-12-18/h1-14,21,25H,15-16H2/t21-/m1/s1. The summed E-state index contributed by atoms with van der Waals surface area (Å²) >= 11 is 0. The zero-order valence-electron chi connectivity index (χ0n) is 15.1. The second-order valence-corrected chi connectivity index (χ2v) is 8.62. The van der Waals surface area contributed by atoms with Crippen LogP contribution in [0.15, 0.2) is 89.8 Å². The average molecular weight is 392 g/mol. The third-order valence-corrected chi connectivity index (χ3v) is 6.32. The largest absolute Gasteiger partial charge is 0.387 e. The molecule has 0 aliphatic heterocycles. The minimum absolute atomic E-state index is 0.226. The molecule has 0 saturated carbocycles. The van der Waals surface area contributed by atoms with Crippen molar-refractivity contribution in [3.05, 3.63) is 96.3 Å². The van der Waals surface area contributed by atoms with Gasteiger partial charge in [-0.3, -0.25) is 0 Å². The first-order valence-electron chi connectivity index (χ1n) is 8.99. The lowest BCUT2D eigenvalue weighted by Gasteiger charge is -2.15. The fourth-order valence-corrected chi connectivity index (χ4v) is 4.57. The van der Waals surface area contributed by atoms with E-state index in [1.54, 1.807) is 34.9 Å². The lowest BCUT2D eigenvalue weighted by Crippen LogP contribution is -2.15. The van der Waals surface area contributed by atoms with E-state index in [4.69, 9.17) is 0 Å². The van der Waals surface area contributed by atoms with Gasteiger partial charge in [0.05, 0.1) is 28.6 Å². The number of fused-ring (bicyclic) bond motifs is 1. The van der Waals surface area contributed by atoms with Gasteiger partial charge < -0.3 is 9.67 Å². The van der Waals surface area contributed by atoms with E-state index < -0.39 is 15.9 Å². The van der Waals surface area contributed by atoms with Gasteiger partial charge in [0, 0.05) is 0 Å². The molecule has 1 heterocycles. The summed E-state index contributed by atoms with van der Waals surface area (Å²) < 4.78 is 27.5. The van der Waals surface area contributed by atoms with Gasteiger partial charge in [-0.05, 0) is 29.8 Å². The van der Waals surface area contributed by atoms with Crippen molar-refractivity contribution in [2.24, 2.45) is 0 Å². The molecule has 6 heteroatoms. The number of hydrogen-bond donors (Lipinski definition) is 1. The topological polar surface area (TPSA) is 72.2 Å². The smallest absolute Gasteiger partial charge is 0.185 e. The lowest BCUT2D eigenvalue weighted by atomic mass is 10.1. The molecular formula is C22H20N2O3S. The first-order chi connectivity index (χ1) is 13.5. The predicted molar refractivity (Wildman–Crippen MR) is 108 cm³/mol. The van der Waals surface area contributed by atoms with Crippen LogP contribution in [-0.4, -0.2) is 23.1 Å². The minimum atomic E-state index is -3.55. The van der Waals surface area contributed by atoms with Crippen LogP contribution >= 0.6 is 0 Å². The molecule has 0 bridgehead atoms. The minimum Gasteiger partial charge on any atom is -0.387 e. The van der Waals surface area contributed by atoms with Crippen LogP contribution in [0.2, 0.25) is 0 Å². The van der Waals surface area contributed by atoms with E-state index in [0.29, 0.717) is 11.3 Å². The molecular weight excluding hydrogens is 372 g/mol. The molecule has 0 spiro atoms. The number of imidazole rings is 1. The van der Waals surface area contributed by atoms with Crippen molar-refractivity contribution in [1.82, 2.24) is 9.55 Å². The zero-order chi connectivity index (χ0) is 19.6. The molecule has 4 rings (SSSR count). The SMILES string of the molecule is O=S(=O)(Cc1nc2ccccc2n1C[C@@H](O)c1ccccc1)c1ccccc1. The molecule has 4 aromatic rings. The number of aliphatic hydroxyl groups excluding tert-OH is 1. The summed E-state index contributed by atoms with van der Waals surface area (Å²) in [6.45, 7) is 0.226. The number of rotatable bonds is 6. The van der Waals surface area contributed by atoms with Crippen molar-refractivity contribution in [2.45, 2.75) is 23.3 Å². The normalized spacial score (nSPS) is 12.9. The van der Waals surface area contributed by atoms with E-state index in [2.05, 4.69) is 4.98 Å². The van der Waals surface area contributed by atoms with E-state index in [9.17, 15) is 13.5 Å². The summed E-state index contributed by atoms with van der Waals surface area (Å²) in [5, 5.41) is 10.7. The van der Waals surface area contributed by atoms with Gasteiger partial charge >= 0.3 is 0 Å². The zero-order valence-corrected chi connectivity index (χ0v) is 16.0. The Kier molecular flexibility index (Phi) is 4.98. The van der Waals surface area contributed by atoms with E-state index in [1.165, 1.54) is 0 Å². The molecule has 5 nitrogen and oxygen atoms in total. The number of para-hydroxylation sites is 2. The van der Waals surface area contributed by atoms with Crippen molar-refractivity contribution in [3.8, 4) is 0 Å². The molecule has 0 radical (unpaired) electrons. The van der Waals surface area contributed by atoms with E-state index in [1.807, 2.05) is 54.6 Å². The molecule has 0 unspecified atom stereocenters. The van der Waals surface area contributed by atoms with Crippen LogP contribution < -0.4 is 0 Å². The molecule has 1 atom stereocenters. The summed E-state index contributed by atoms with van der Waals surface area (Å²) in [5.41, 5.74) is 2.29. The number of sulfone groups is 1. The summed E-state index contributed by atoms with van der Waals surface area (Å²) in [4.78, 5) is 4.80. The Bertz CT molecular complexity index is 1190. The fraction of sp³-hybridized carbons (Fsp3) is 0.136. The molecule has 0 aliphatic carbocycles. The fourth-order valence-electron chi connectivity index (χ4n) is 3.27. The lowest BCUT2D eigenvalue weighted by molar-refractivity contribution is 0.157. The highest BCUT2D eigenvalue weighted by molar-refractivity contribution is 7.90. The van der Waals surface area contributed by atoms with Gasteiger partial charge in [0.2, 0.25) is 0 Å². The molecule has 1 aromatic heterocycles. The third kappa shape index (κ3) is 3.69. The van der Waals surface area contributed by atoms with Crippen LogP contribution in [0.3, 0.4) is 0 Å². The monoisotopic (exact) mass is 392 g/mol. The molecule has 0 aliphatic rings. The van der Waals surface area contributed by atoms with Crippen molar-refractivity contribution in [3.63, 3.8) is 0 Å². The van der Waals surface area contributed by atoms with Crippen molar-refractivity contribution < 1.29 is 13.5 Å². The molecule has 28 heavy (non-hydrogen) atoms.